The number of ether oxygens (including phenoxy) is 1. The number of hydrogen-bond acceptors (Lipinski definition) is 7. The number of nitrogens with zero attached hydrogens (tertiary/aromatic N) is 3. The van der Waals surface area contributed by atoms with Gasteiger partial charge in [0.1, 0.15) is 11.5 Å². The Bertz CT molecular complexity index is 1040. The molecule has 1 saturated carbocycles. The molecule has 11 heteroatoms. The zero-order valence-corrected chi connectivity index (χ0v) is 18.6. The summed E-state index contributed by atoms with van der Waals surface area (Å²) in [6.45, 7) is -1.33. The Labute approximate surface area is 193 Å². The number of rotatable bonds is 6. The highest BCUT2D eigenvalue weighted by Gasteiger charge is 2.45. The van der Waals surface area contributed by atoms with Crippen molar-refractivity contribution in [1.82, 2.24) is 9.97 Å². The predicted octanol–water partition coefficient (Wildman–Crippen LogP) is 4.35. The molecule has 3 N–H and O–H groups in total. The lowest BCUT2D eigenvalue weighted by Crippen LogP contribution is -2.40. The van der Waals surface area contributed by atoms with E-state index in [9.17, 15) is 13.6 Å². The molecule has 0 spiro atoms. The fourth-order valence-electron chi connectivity index (χ4n) is 4.39. The number of thioether (sulfide) groups is 1. The van der Waals surface area contributed by atoms with Gasteiger partial charge in [-0.3, -0.25) is 9.79 Å². The lowest BCUT2D eigenvalue weighted by Gasteiger charge is -2.40. The minimum absolute atomic E-state index is 0.0641. The van der Waals surface area contributed by atoms with Gasteiger partial charge in [-0.1, -0.05) is 31.0 Å². The number of amides is 1. The molecular formula is C22H24F3N5O2S. The van der Waals surface area contributed by atoms with E-state index in [1.165, 1.54) is 23.9 Å². The fourth-order valence-corrected chi connectivity index (χ4v) is 5.43. The van der Waals surface area contributed by atoms with Crippen molar-refractivity contribution in [3.8, 4) is 5.88 Å². The van der Waals surface area contributed by atoms with Crippen LogP contribution in [0.5, 0.6) is 5.88 Å². The van der Waals surface area contributed by atoms with Gasteiger partial charge >= 0.3 is 0 Å². The van der Waals surface area contributed by atoms with Crippen LogP contribution in [0.15, 0.2) is 35.6 Å². The van der Waals surface area contributed by atoms with Gasteiger partial charge in [0.15, 0.2) is 11.8 Å². The van der Waals surface area contributed by atoms with E-state index in [2.05, 4.69) is 20.0 Å². The Morgan fingerprint density at radius 2 is 2.15 bits per heavy atom. The number of aromatic nitrogens is 2. The summed E-state index contributed by atoms with van der Waals surface area (Å²) in [7, 11) is 0. The second-order valence-electron chi connectivity index (χ2n) is 8.05. The molecule has 0 saturated heterocycles. The topological polar surface area (TPSA) is 102 Å². The second-order valence-corrected chi connectivity index (χ2v) is 9.09. The summed E-state index contributed by atoms with van der Waals surface area (Å²) in [5.41, 5.74) is 6.04. The number of fused-ring (bicyclic) bond motifs is 1. The van der Waals surface area contributed by atoms with E-state index in [4.69, 9.17) is 10.7 Å². The Morgan fingerprint density at radius 1 is 1.30 bits per heavy atom. The molecule has 4 rings (SSSR count). The highest BCUT2D eigenvalue weighted by Crippen LogP contribution is 2.49. The highest BCUT2D eigenvalue weighted by molar-refractivity contribution is 8.13. The number of carbonyl (C=O) groups is 1. The average Bonchev–Trinajstić information content (AvgIpc) is 3.03. The first-order valence-corrected chi connectivity index (χ1v) is 11.7. The average molecular weight is 480 g/mol. The minimum Gasteiger partial charge on any atom is -0.439 e. The van der Waals surface area contributed by atoms with Gasteiger partial charge in [0, 0.05) is 17.0 Å². The van der Waals surface area contributed by atoms with Gasteiger partial charge in [0.25, 0.3) is 12.3 Å². The summed E-state index contributed by atoms with van der Waals surface area (Å²) in [5.74, 6) is -0.300. The standard InChI is InChI=1S/C22H24F3N5O2S/c23-9-18(25)32-19-11-27-17(10-28-19)20(31)29-14-5-6-16(24)15(8-14)22-7-3-1-2-4-13(22)12-33-21(26)30-22/h5-6,8,10-11,13,18H,1-4,7,9,12H2,(H2,26,30)(H,29,31)/t13-,18?,22-/m0/s1. The van der Waals surface area contributed by atoms with Crippen LogP contribution in [0.25, 0.3) is 0 Å². The molecule has 1 fully saturated rings. The number of anilines is 1. The molecule has 1 unspecified atom stereocenters. The molecule has 1 aliphatic carbocycles. The van der Waals surface area contributed by atoms with Crippen LogP contribution < -0.4 is 15.8 Å². The largest absolute Gasteiger partial charge is 0.439 e. The summed E-state index contributed by atoms with van der Waals surface area (Å²) >= 11 is 1.50. The van der Waals surface area contributed by atoms with Crippen LogP contribution in [0.2, 0.25) is 0 Å². The molecule has 0 bridgehead atoms. The monoisotopic (exact) mass is 479 g/mol. The molecule has 3 atom stereocenters. The molecule has 2 aliphatic rings. The van der Waals surface area contributed by atoms with E-state index in [0.29, 0.717) is 22.8 Å². The number of hydrogen-bond donors (Lipinski definition) is 2. The molecule has 2 heterocycles. The molecule has 33 heavy (non-hydrogen) atoms. The number of alkyl halides is 2. The Balaban J connectivity index is 1.58. The zero-order chi connectivity index (χ0) is 23.4. The minimum atomic E-state index is -2.15. The van der Waals surface area contributed by atoms with Crippen molar-refractivity contribution in [2.75, 3.05) is 17.7 Å². The first kappa shape index (κ1) is 23.3. The maximum absolute atomic E-state index is 15.1. The van der Waals surface area contributed by atoms with E-state index in [1.54, 1.807) is 6.07 Å². The maximum Gasteiger partial charge on any atom is 0.275 e. The SMILES string of the molecule is NC1=N[C@@]2(c3cc(NC(=O)c4cnc(OC(F)CF)cn4)ccc3F)CCCCC[C@H]2CS1. The lowest BCUT2D eigenvalue weighted by molar-refractivity contribution is 0.0390. The van der Waals surface area contributed by atoms with Gasteiger partial charge in [-0.05, 0) is 37.0 Å². The van der Waals surface area contributed by atoms with Crippen molar-refractivity contribution >= 4 is 28.5 Å². The number of nitrogens with two attached hydrogens (primary N) is 1. The number of halogens is 3. The number of amidine groups is 1. The predicted molar refractivity (Wildman–Crippen MR) is 120 cm³/mol. The number of carbonyl (C=O) groups excluding carboxylic acids is 1. The zero-order valence-electron chi connectivity index (χ0n) is 17.8. The van der Waals surface area contributed by atoms with Crippen LogP contribution in [0.3, 0.4) is 0 Å². The van der Waals surface area contributed by atoms with Crippen molar-refractivity contribution in [3.63, 3.8) is 0 Å². The third kappa shape index (κ3) is 5.07. The van der Waals surface area contributed by atoms with Gasteiger partial charge in [-0.15, -0.1) is 0 Å². The molecule has 176 valence electrons. The Kier molecular flexibility index (Phi) is 7.06. The van der Waals surface area contributed by atoms with E-state index < -0.39 is 30.3 Å². The summed E-state index contributed by atoms with van der Waals surface area (Å²) in [6.07, 6.45) is 4.62. The van der Waals surface area contributed by atoms with Crippen molar-refractivity contribution < 1.29 is 22.7 Å². The molecule has 0 radical (unpaired) electrons. The van der Waals surface area contributed by atoms with Crippen LogP contribution >= 0.6 is 11.8 Å². The van der Waals surface area contributed by atoms with Crippen molar-refractivity contribution in [1.29, 1.82) is 0 Å². The van der Waals surface area contributed by atoms with Crippen LogP contribution in [0.4, 0.5) is 18.9 Å². The molecule has 1 aliphatic heterocycles. The van der Waals surface area contributed by atoms with Crippen LogP contribution in [-0.2, 0) is 5.54 Å². The van der Waals surface area contributed by atoms with Crippen molar-refractivity contribution in [2.24, 2.45) is 16.6 Å². The summed E-state index contributed by atoms with van der Waals surface area (Å²) in [4.78, 5) is 25.0. The van der Waals surface area contributed by atoms with Crippen LogP contribution in [-0.4, -0.2) is 39.8 Å². The van der Waals surface area contributed by atoms with Gasteiger partial charge in [-0.25, -0.2) is 18.7 Å². The quantitative estimate of drug-likeness (QED) is 0.639. The lowest BCUT2D eigenvalue weighted by atomic mass is 9.75. The number of aliphatic imine (C=N–C) groups is 1. The third-order valence-electron chi connectivity index (χ3n) is 5.95. The van der Waals surface area contributed by atoms with Gasteiger partial charge in [0.05, 0.1) is 17.9 Å². The molecule has 1 aromatic heterocycles. The first-order chi connectivity index (χ1) is 15.9. The molecule has 2 aromatic rings. The van der Waals surface area contributed by atoms with Crippen molar-refractivity contribution in [2.45, 2.75) is 44.0 Å². The number of nitrogens with one attached hydrogen (secondary N) is 1. The highest BCUT2D eigenvalue weighted by atomic mass is 32.2. The van der Waals surface area contributed by atoms with E-state index >= 15 is 4.39 Å². The molecule has 1 aromatic carbocycles. The van der Waals surface area contributed by atoms with E-state index in [1.807, 2.05) is 0 Å². The second kappa shape index (κ2) is 9.98. The van der Waals surface area contributed by atoms with E-state index in [0.717, 1.165) is 43.8 Å². The smallest absolute Gasteiger partial charge is 0.275 e. The normalized spacial score (nSPS) is 23.6. The third-order valence-corrected chi connectivity index (χ3v) is 6.91. The van der Waals surface area contributed by atoms with Crippen LogP contribution in [0, 0.1) is 11.7 Å². The van der Waals surface area contributed by atoms with Gasteiger partial charge in [0.2, 0.25) is 5.88 Å². The molecule has 1 amide bonds. The number of benzene rings is 1. The van der Waals surface area contributed by atoms with E-state index in [-0.39, 0.29) is 17.5 Å². The molecule has 7 nitrogen and oxygen atoms in total. The maximum atomic E-state index is 15.1. The van der Waals surface area contributed by atoms with Crippen LogP contribution in [0.1, 0.15) is 48.2 Å². The molecular weight excluding hydrogens is 455 g/mol. The summed E-state index contributed by atoms with van der Waals surface area (Å²) < 4.78 is 44.8. The van der Waals surface area contributed by atoms with Gasteiger partial charge < -0.3 is 15.8 Å². The summed E-state index contributed by atoms with van der Waals surface area (Å²) in [6, 6.07) is 4.39. The fraction of sp³-hybridized carbons (Fsp3) is 0.455. The Morgan fingerprint density at radius 3 is 2.91 bits per heavy atom. The first-order valence-electron chi connectivity index (χ1n) is 10.7. The van der Waals surface area contributed by atoms with Gasteiger partial charge in [-0.2, -0.15) is 4.39 Å². The Hall–Kier alpha value is -2.82. The van der Waals surface area contributed by atoms with Crippen molar-refractivity contribution in [3.05, 3.63) is 47.7 Å². The summed E-state index contributed by atoms with van der Waals surface area (Å²) in [5, 5.41) is 3.13.